The molecule has 4 nitrogen and oxygen atoms in total. The van der Waals surface area contributed by atoms with Crippen molar-refractivity contribution in [3.63, 3.8) is 0 Å². The predicted octanol–water partition coefficient (Wildman–Crippen LogP) is 2.06. The third kappa shape index (κ3) is 2.69. The molecule has 0 amide bonds. The number of hydrogen-bond donors (Lipinski definition) is 1. The van der Waals surface area contributed by atoms with Crippen LogP contribution < -0.4 is 5.32 Å². The first kappa shape index (κ1) is 12.4. The van der Waals surface area contributed by atoms with Crippen LogP contribution in [0.15, 0.2) is 36.5 Å². The maximum atomic E-state index is 5.38. The van der Waals surface area contributed by atoms with E-state index in [1.165, 1.54) is 5.69 Å². The second-order valence-corrected chi connectivity index (χ2v) is 4.91. The van der Waals surface area contributed by atoms with Gasteiger partial charge in [0.1, 0.15) is 5.82 Å². The first-order valence-corrected chi connectivity index (χ1v) is 6.74. The van der Waals surface area contributed by atoms with Gasteiger partial charge < -0.3 is 10.1 Å². The Bertz CT molecular complexity index is 530. The number of ether oxygens (including phenoxy) is 1. The average Bonchev–Trinajstić information content (AvgIpc) is 3.07. The second-order valence-electron chi connectivity index (χ2n) is 4.91. The predicted molar refractivity (Wildman–Crippen MR) is 74.4 cm³/mol. The van der Waals surface area contributed by atoms with Crippen LogP contribution in [0.1, 0.15) is 17.9 Å². The number of nitrogens with zero attached hydrogens (tertiary/aromatic N) is 2. The molecule has 19 heavy (non-hydrogen) atoms. The molecule has 4 heteroatoms. The molecule has 1 aliphatic heterocycles. The van der Waals surface area contributed by atoms with Crippen molar-refractivity contribution in [2.75, 3.05) is 13.2 Å². The molecule has 0 saturated carbocycles. The van der Waals surface area contributed by atoms with Gasteiger partial charge in [-0.2, -0.15) is 0 Å². The Kier molecular flexibility index (Phi) is 3.62. The number of aromatic nitrogens is 2. The Morgan fingerprint density at radius 1 is 1.37 bits per heavy atom. The van der Waals surface area contributed by atoms with Crippen LogP contribution in [-0.4, -0.2) is 28.8 Å². The van der Waals surface area contributed by atoms with Crippen molar-refractivity contribution < 1.29 is 4.74 Å². The highest BCUT2D eigenvalue weighted by Crippen LogP contribution is 2.15. The normalized spacial score (nSPS) is 18.9. The van der Waals surface area contributed by atoms with Gasteiger partial charge in [-0.25, -0.2) is 4.98 Å². The van der Waals surface area contributed by atoms with Gasteiger partial charge in [0, 0.05) is 24.9 Å². The van der Waals surface area contributed by atoms with E-state index >= 15 is 0 Å². The van der Waals surface area contributed by atoms with E-state index in [0.717, 1.165) is 37.7 Å². The van der Waals surface area contributed by atoms with Crippen molar-refractivity contribution in [1.29, 1.82) is 0 Å². The summed E-state index contributed by atoms with van der Waals surface area (Å²) in [7, 11) is 0. The molecule has 2 aromatic rings. The van der Waals surface area contributed by atoms with Crippen LogP contribution in [0.25, 0.3) is 5.69 Å². The minimum Gasteiger partial charge on any atom is -0.380 e. The zero-order valence-corrected chi connectivity index (χ0v) is 11.2. The fourth-order valence-electron chi connectivity index (χ4n) is 2.49. The quantitative estimate of drug-likeness (QED) is 0.911. The SMILES string of the molecule is Cc1ncc(CNC2CCOC2)n1-c1ccccc1. The molecule has 0 aliphatic carbocycles. The maximum absolute atomic E-state index is 5.38. The minimum absolute atomic E-state index is 0.472. The third-order valence-corrected chi connectivity index (χ3v) is 3.53. The van der Waals surface area contributed by atoms with Gasteiger partial charge in [0.05, 0.1) is 18.5 Å². The Balaban J connectivity index is 1.78. The highest BCUT2D eigenvalue weighted by Gasteiger charge is 2.16. The van der Waals surface area contributed by atoms with E-state index in [2.05, 4.69) is 39.1 Å². The summed E-state index contributed by atoms with van der Waals surface area (Å²) >= 11 is 0. The maximum Gasteiger partial charge on any atom is 0.110 e. The van der Waals surface area contributed by atoms with Gasteiger partial charge in [0.2, 0.25) is 0 Å². The summed E-state index contributed by atoms with van der Waals surface area (Å²) in [6.45, 7) is 4.55. The van der Waals surface area contributed by atoms with Gasteiger partial charge >= 0.3 is 0 Å². The monoisotopic (exact) mass is 257 g/mol. The van der Waals surface area contributed by atoms with Gasteiger partial charge in [-0.15, -0.1) is 0 Å². The van der Waals surface area contributed by atoms with E-state index in [1.807, 2.05) is 19.2 Å². The van der Waals surface area contributed by atoms with E-state index in [0.29, 0.717) is 6.04 Å². The van der Waals surface area contributed by atoms with E-state index < -0.39 is 0 Å². The zero-order chi connectivity index (χ0) is 13.1. The lowest BCUT2D eigenvalue weighted by Gasteiger charge is -2.13. The summed E-state index contributed by atoms with van der Waals surface area (Å²) in [5.74, 6) is 1.02. The van der Waals surface area contributed by atoms with Crippen LogP contribution >= 0.6 is 0 Å². The molecule has 1 aromatic carbocycles. The van der Waals surface area contributed by atoms with Crippen LogP contribution in [0.5, 0.6) is 0 Å². The lowest BCUT2D eigenvalue weighted by Crippen LogP contribution is -2.29. The largest absolute Gasteiger partial charge is 0.380 e. The smallest absolute Gasteiger partial charge is 0.110 e. The van der Waals surface area contributed by atoms with E-state index in [1.54, 1.807) is 0 Å². The van der Waals surface area contributed by atoms with Gasteiger partial charge in [-0.05, 0) is 25.5 Å². The summed E-state index contributed by atoms with van der Waals surface area (Å²) in [4.78, 5) is 4.43. The molecule has 1 N–H and O–H groups in total. The van der Waals surface area contributed by atoms with Crippen molar-refractivity contribution in [1.82, 2.24) is 14.9 Å². The minimum atomic E-state index is 0.472. The van der Waals surface area contributed by atoms with Crippen LogP contribution in [0.2, 0.25) is 0 Å². The first-order chi connectivity index (χ1) is 9.34. The van der Waals surface area contributed by atoms with Crippen LogP contribution in [0, 0.1) is 6.92 Å². The summed E-state index contributed by atoms with van der Waals surface area (Å²) in [5.41, 5.74) is 2.35. The molecule has 1 atom stereocenters. The molecule has 1 aliphatic rings. The number of aryl methyl sites for hydroxylation is 1. The fraction of sp³-hybridized carbons (Fsp3) is 0.400. The average molecular weight is 257 g/mol. The van der Waals surface area contributed by atoms with E-state index in [-0.39, 0.29) is 0 Å². The summed E-state index contributed by atoms with van der Waals surface area (Å²) in [5, 5.41) is 3.54. The Labute approximate surface area is 113 Å². The molecule has 1 aromatic heterocycles. The van der Waals surface area contributed by atoms with Gasteiger partial charge in [-0.3, -0.25) is 4.57 Å². The molecule has 1 saturated heterocycles. The molecule has 100 valence electrons. The molecule has 3 rings (SSSR count). The van der Waals surface area contributed by atoms with Crippen molar-refractivity contribution in [3.8, 4) is 5.69 Å². The second kappa shape index (κ2) is 5.55. The fourth-order valence-corrected chi connectivity index (χ4v) is 2.49. The number of nitrogens with one attached hydrogen (secondary N) is 1. The molecule has 1 unspecified atom stereocenters. The number of rotatable bonds is 4. The van der Waals surface area contributed by atoms with Crippen molar-refractivity contribution in [3.05, 3.63) is 48.0 Å². The van der Waals surface area contributed by atoms with Gasteiger partial charge in [-0.1, -0.05) is 18.2 Å². The lowest BCUT2D eigenvalue weighted by molar-refractivity contribution is 0.189. The Hall–Kier alpha value is -1.65. The van der Waals surface area contributed by atoms with E-state index in [4.69, 9.17) is 4.74 Å². The van der Waals surface area contributed by atoms with E-state index in [9.17, 15) is 0 Å². The topological polar surface area (TPSA) is 39.1 Å². The molecule has 0 radical (unpaired) electrons. The molecular weight excluding hydrogens is 238 g/mol. The summed E-state index contributed by atoms with van der Waals surface area (Å²) < 4.78 is 7.58. The summed E-state index contributed by atoms with van der Waals surface area (Å²) in [6.07, 6.45) is 3.05. The standard InChI is InChI=1S/C15H19N3O/c1-12-16-9-15(10-17-13-7-8-19-11-13)18(12)14-5-3-2-4-6-14/h2-6,9,13,17H,7-8,10-11H2,1H3. The summed E-state index contributed by atoms with van der Waals surface area (Å²) in [6, 6.07) is 10.8. The number of hydrogen-bond acceptors (Lipinski definition) is 3. The lowest BCUT2D eigenvalue weighted by atomic mass is 10.2. The zero-order valence-electron chi connectivity index (χ0n) is 11.2. The molecule has 1 fully saturated rings. The first-order valence-electron chi connectivity index (χ1n) is 6.74. The molecule has 0 bridgehead atoms. The third-order valence-electron chi connectivity index (χ3n) is 3.53. The van der Waals surface area contributed by atoms with Gasteiger partial charge in [0.25, 0.3) is 0 Å². The van der Waals surface area contributed by atoms with Crippen LogP contribution in [0.4, 0.5) is 0 Å². The molecular formula is C15H19N3O. The Morgan fingerprint density at radius 3 is 2.95 bits per heavy atom. The number of imidazole rings is 1. The number of benzene rings is 1. The highest BCUT2D eigenvalue weighted by atomic mass is 16.5. The number of para-hydroxylation sites is 1. The Morgan fingerprint density at radius 2 is 2.21 bits per heavy atom. The van der Waals surface area contributed by atoms with Crippen molar-refractivity contribution in [2.24, 2.45) is 0 Å². The molecule has 0 spiro atoms. The highest BCUT2D eigenvalue weighted by molar-refractivity contribution is 5.35. The van der Waals surface area contributed by atoms with Crippen LogP contribution in [0.3, 0.4) is 0 Å². The van der Waals surface area contributed by atoms with Crippen molar-refractivity contribution >= 4 is 0 Å². The van der Waals surface area contributed by atoms with Crippen LogP contribution in [-0.2, 0) is 11.3 Å². The van der Waals surface area contributed by atoms with Crippen molar-refractivity contribution in [2.45, 2.75) is 25.9 Å². The molecule has 2 heterocycles. The van der Waals surface area contributed by atoms with Gasteiger partial charge in [0.15, 0.2) is 0 Å².